The van der Waals surface area contributed by atoms with Gasteiger partial charge in [-0.3, -0.25) is 4.79 Å². The lowest BCUT2D eigenvalue weighted by molar-refractivity contribution is -0.121. The molecule has 0 spiro atoms. The Morgan fingerprint density at radius 3 is 2.66 bits per heavy atom. The van der Waals surface area contributed by atoms with Crippen LogP contribution in [0.1, 0.15) is 55.5 Å². The average molecular weight is 395 g/mol. The van der Waals surface area contributed by atoms with Crippen molar-refractivity contribution in [3.63, 3.8) is 0 Å². The Morgan fingerprint density at radius 1 is 1.10 bits per heavy atom. The monoisotopic (exact) mass is 394 g/mol. The first-order valence-electron chi connectivity index (χ1n) is 11.2. The number of carbonyl (C=O) groups is 1. The van der Waals surface area contributed by atoms with Gasteiger partial charge in [0.1, 0.15) is 0 Å². The summed E-state index contributed by atoms with van der Waals surface area (Å²) >= 11 is 0. The molecule has 5 nitrogen and oxygen atoms in total. The van der Waals surface area contributed by atoms with Gasteiger partial charge in [0.2, 0.25) is 5.91 Å². The molecule has 4 rings (SSSR count). The predicted molar refractivity (Wildman–Crippen MR) is 116 cm³/mol. The predicted octanol–water partition coefficient (Wildman–Crippen LogP) is 3.80. The Kier molecular flexibility index (Phi) is 6.34. The van der Waals surface area contributed by atoms with Crippen molar-refractivity contribution < 1.29 is 4.79 Å². The van der Waals surface area contributed by atoms with Gasteiger partial charge in [-0.25, -0.2) is 4.68 Å². The molecule has 156 valence electrons. The van der Waals surface area contributed by atoms with E-state index in [1.165, 1.54) is 50.8 Å². The quantitative estimate of drug-likeness (QED) is 0.811. The molecule has 2 saturated heterocycles. The Bertz CT molecular complexity index is 824. The van der Waals surface area contributed by atoms with Crippen molar-refractivity contribution in [2.45, 2.75) is 64.8 Å². The van der Waals surface area contributed by atoms with Crippen molar-refractivity contribution in [2.75, 3.05) is 19.6 Å². The fourth-order valence-electron chi connectivity index (χ4n) is 5.10. The first kappa shape index (κ1) is 20.1. The number of hydrogen-bond donors (Lipinski definition) is 1. The standard InChI is InChI=1S/C24H34N4O/c1-18-16-19(2)28(26-18)22-11-8-20(9-12-22)10-13-24(29)25-17-21-6-5-15-27-14-4-3-7-23(21)27/h8-9,11-12,16,21,23H,3-7,10,13-15,17H2,1-2H3,(H,25,29). The molecule has 1 aromatic heterocycles. The second kappa shape index (κ2) is 9.12. The largest absolute Gasteiger partial charge is 0.356 e. The van der Waals surface area contributed by atoms with E-state index in [4.69, 9.17) is 0 Å². The van der Waals surface area contributed by atoms with Crippen LogP contribution in [-0.4, -0.2) is 46.3 Å². The molecule has 3 heterocycles. The van der Waals surface area contributed by atoms with E-state index in [9.17, 15) is 4.79 Å². The zero-order valence-corrected chi connectivity index (χ0v) is 17.9. The summed E-state index contributed by atoms with van der Waals surface area (Å²) in [5.74, 6) is 0.814. The summed E-state index contributed by atoms with van der Waals surface area (Å²) in [7, 11) is 0. The Labute approximate surface area is 174 Å². The molecule has 0 aliphatic carbocycles. The maximum absolute atomic E-state index is 12.4. The van der Waals surface area contributed by atoms with Crippen LogP contribution in [0.25, 0.3) is 5.69 Å². The van der Waals surface area contributed by atoms with Crippen molar-refractivity contribution in [2.24, 2.45) is 5.92 Å². The van der Waals surface area contributed by atoms with E-state index in [0.717, 1.165) is 30.0 Å². The fourth-order valence-corrected chi connectivity index (χ4v) is 5.10. The lowest BCUT2D eigenvalue weighted by atomic mass is 9.83. The minimum Gasteiger partial charge on any atom is -0.356 e. The third-order valence-corrected chi connectivity index (χ3v) is 6.62. The van der Waals surface area contributed by atoms with Crippen molar-refractivity contribution in [3.8, 4) is 5.69 Å². The number of hydrogen-bond acceptors (Lipinski definition) is 3. The van der Waals surface area contributed by atoms with Crippen molar-refractivity contribution in [3.05, 3.63) is 47.3 Å². The number of aromatic nitrogens is 2. The van der Waals surface area contributed by atoms with Crippen molar-refractivity contribution >= 4 is 5.91 Å². The van der Waals surface area contributed by atoms with Crippen LogP contribution >= 0.6 is 0 Å². The molecular weight excluding hydrogens is 360 g/mol. The van der Waals surface area contributed by atoms with Crippen LogP contribution in [0.3, 0.4) is 0 Å². The summed E-state index contributed by atoms with van der Waals surface area (Å²) in [5, 5.41) is 7.75. The summed E-state index contributed by atoms with van der Waals surface area (Å²) in [4.78, 5) is 15.1. The number of nitrogens with one attached hydrogen (secondary N) is 1. The number of fused-ring (bicyclic) bond motifs is 1. The first-order valence-corrected chi connectivity index (χ1v) is 11.2. The van der Waals surface area contributed by atoms with Crippen LogP contribution in [0.4, 0.5) is 0 Å². The van der Waals surface area contributed by atoms with Crippen LogP contribution in [-0.2, 0) is 11.2 Å². The van der Waals surface area contributed by atoms with E-state index >= 15 is 0 Å². The zero-order valence-electron chi connectivity index (χ0n) is 17.9. The van der Waals surface area contributed by atoms with E-state index in [-0.39, 0.29) is 5.91 Å². The van der Waals surface area contributed by atoms with E-state index < -0.39 is 0 Å². The molecule has 2 aliphatic heterocycles. The normalized spacial score (nSPS) is 22.3. The van der Waals surface area contributed by atoms with E-state index in [0.29, 0.717) is 18.4 Å². The first-order chi connectivity index (χ1) is 14.1. The van der Waals surface area contributed by atoms with E-state index in [1.54, 1.807) is 0 Å². The average Bonchev–Trinajstić information content (AvgIpc) is 3.09. The molecule has 1 N–H and O–H groups in total. The third-order valence-electron chi connectivity index (χ3n) is 6.62. The third kappa shape index (κ3) is 4.89. The molecule has 0 bridgehead atoms. The number of amides is 1. The molecule has 1 aromatic carbocycles. The van der Waals surface area contributed by atoms with Crippen LogP contribution in [0.2, 0.25) is 0 Å². The lowest BCUT2D eigenvalue weighted by Gasteiger charge is -2.44. The number of nitrogens with zero attached hydrogens (tertiary/aromatic N) is 3. The molecule has 2 fully saturated rings. The van der Waals surface area contributed by atoms with Crippen LogP contribution in [0.5, 0.6) is 0 Å². The van der Waals surface area contributed by atoms with Gasteiger partial charge in [0.05, 0.1) is 11.4 Å². The smallest absolute Gasteiger partial charge is 0.220 e. The van der Waals surface area contributed by atoms with Crippen LogP contribution in [0, 0.1) is 19.8 Å². The second-order valence-electron chi connectivity index (χ2n) is 8.81. The molecule has 29 heavy (non-hydrogen) atoms. The van der Waals surface area contributed by atoms with Crippen LogP contribution in [0.15, 0.2) is 30.3 Å². The van der Waals surface area contributed by atoms with Crippen LogP contribution < -0.4 is 5.32 Å². The topological polar surface area (TPSA) is 50.2 Å². The molecule has 1 amide bonds. The maximum Gasteiger partial charge on any atom is 0.220 e. The van der Waals surface area contributed by atoms with Gasteiger partial charge in [-0.05, 0) is 88.7 Å². The number of benzene rings is 1. The lowest BCUT2D eigenvalue weighted by Crippen LogP contribution is -2.51. The maximum atomic E-state index is 12.4. The second-order valence-corrected chi connectivity index (χ2v) is 8.81. The SMILES string of the molecule is Cc1cc(C)n(-c2ccc(CCC(=O)NCC3CCCN4CCCCC34)cc2)n1. The highest BCUT2D eigenvalue weighted by Gasteiger charge is 2.32. The van der Waals surface area contributed by atoms with Gasteiger partial charge in [0, 0.05) is 24.7 Å². The summed E-state index contributed by atoms with van der Waals surface area (Å²) in [5.41, 5.74) is 4.42. The van der Waals surface area contributed by atoms with Gasteiger partial charge in [-0.1, -0.05) is 18.6 Å². The van der Waals surface area contributed by atoms with Gasteiger partial charge in [0.15, 0.2) is 0 Å². The van der Waals surface area contributed by atoms with Gasteiger partial charge >= 0.3 is 0 Å². The highest BCUT2D eigenvalue weighted by Crippen LogP contribution is 2.30. The number of piperidine rings is 2. The summed E-state index contributed by atoms with van der Waals surface area (Å²) in [6.45, 7) is 7.43. The van der Waals surface area contributed by atoms with Gasteiger partial charge in [-0.15, -0.1) is 0 Å². The summed E-state index contributed by atoms with van der Waals surface area (Å²) in [6, 6.07) is 11.2. The number of aryl methyl sites for hydroxylation is 3. The van der Waals surface area contributed by atoms with Gasteiger partial charge in [-0.2, -0.15) is 5.10 Å². The Hall–Kier alpha value is -2.14. The molecule has 2 aromatic rings. The number of carbonyl (C=O) groups excluding carboxylic acids is 1. The molecule has 0 radical (unpaired) electrons. The van der Waals surface area contributed by atoms with Gasteiger partial charge < -0.3 is 10.2 Å². The highest BCUT2D eigenvalue weighted by atomic mass is 16.1. The van der Waals surface area contributed by atoms with Crippen molar-refractivity contribution in [1.29, 1.82) is 0 Å². The molecule has 2 aliphatic rings. The minimum absolute atomic E-state index is 0.181. The van der Waals surface area contributed by atoms with Crippen molar-refractivity contribution in [1.82, 2.24) is 20.0 Å². The molecule has 0 saturated carbocycles. The number of rotatable bonds is 6. The van der Waals surface area contributed by atoms with Gasteiger partial charge in [0.25, 0.3) is 0 Å². The Balaban J connectivity index is 1.25. The van der Waals surface area contributed by atoms with E-state index in [2.05, 4.69) is 52.6 Å². The Morgan fingerprint density at radius 2 is 1.90 bits per heavy atom. The minimum atomic E-state index is 0.181. The molecular formula is C24H34N4O. The molecule has 5 heteroatoms. The summed E-state index contributed by atoms with van der Waals surface area (Å²) in [6.07, 6.45) is 7.87. The molecule has 2 atom stereocenters. The highest BCUT2D eigenvalue weighted by molar-refractivity contribution is 5.76. The fraction of sp³-hybridized carbons (Fsp3) is 0.583. The van der Waals surface area contributed by atoms with E-state index in [1.807, 2.05) is 11.6 Å². The molecule has 2 unspecified atom stereocenters. The summed E-state index contributed by atoms with van der Waals surface area (Å²) < 4.78 is 1.96. The zero-order chi connectivity index (χ0) is 20.2.